The number of allylic oxidation sites excluding steroid dienone is 2. The highest BCUT2D eigenvalue weighted by atomic mass is 16.6. The number of carbonyl (C=O) groups excluding carboxylic acids is 1. The number of carbonyl (C=O) groups is 1. The Kier molecular flexibility index (Phi) is 6.76. The highest BCUT2D eigenvalue weighted by Crippen LogP contribution is 2.49. The molecule has 2 heterocycles. The number of benzene rings is 1. The third-order valence-corrected chi connectivity index (χ3v) is 5.72. The van der Waals surface area contributed by atoms with Crippen molar-refractivity contribution in [3.63, 3.8) is 0 Å². The van der Waals surface area contributed by atoms with Crippen LogP contribution >= 0.6 is 0 Å². The molecule has 2 aliphatic heterocycles. The van der Waals surface area contributed by atoms with Gasteiger partial charge in [-0.2, -0.15) is 0 Å². The van der Waals surface area contributed by atoms with Gasteiger partial charge in [-0.1, -0.05) is 39.2 Å². The van der Waals surface area contributed by atoms with Crippen LogP contribution in [-0.2, 0) is 16.0 Å². The minimum absolute atomic E-state index is 0.0776. The van der Waals surface area contributed by atoms with Crippen molar-refractivity contribution in [1.82, 2.24) is 0 Å². The van der Waals surface area contributed by atoms with E-state index in [2.05, 4.69) is 13.5 Å². The standard InChI is InChI=1S/C24H32O6/c1-6-8-9-10-11-24(4,26)20-13-16-17(30-20)14-18-21(22(16)27-5)15(3)12-19(29-18)23(25)28-7-2/h12,14,20,26H,3,6-11,13H2,1-2,4-5H3/t20-,24-/m0/s1. The van der Waals surface area contributed by atoms with Crippen LogP contribution in [0.1, 0.15) is 64.0 Å². The van der Waals surface area contributed by atoms with E-state index in [-0.39, 0.29) is 18.5 Å². The molecule has 6 heteroatoms. The van der Waals surface area contributed by atoms with Crippen molar-refractivity contribution in [1.29, 1.82) is 0 Å². The summed E-state index contributed by atoms with van der Waals surface area (Å²) in [5.74, 6) is 1.18. The molecule has 2 atom stereocenters. The first kappa shape index (κ1) is 22.2. The molecule has 2 aliphatic rings. The van der Waals surface area contributed by atoms with Crippen LogP contribution in [0.5, 0.6) is 17.2 Å². The van der Waals surface area contributed by atoms with Crippen molar-refractivity contribution >= 4 is 11.5 Å². The molecule has 1 N–H and O–H groups in total. The minimum Gasteiger partial charge on any atom is -0.496 e. The van der Waals surface area contributed by atoms with E-state index in [0.717, 1.165) is 31.2 Å². The summed E-state index contributed by atoms with van der Waals surface area (Å²) in [5, 5.41) is 11.1. The Morgan fingerprint density at radius 2 is 2.07 bits per heavy atom. The molecule has 0 unspecified atom stereocenters. The Balaban J connectivity index is 1.85. The fourth-order valence-corrected chi connectivity index (χ4v) is 4.04. The number of aliphatic hydroxyl groups is 1. The van der Waals surface area contributed by atoms with Gasteiger partial charge in [0.1, 0.15) is 23.4 Å². The van der Waals surface area contributed by atoms with Crippen molar-refractivity contribution in [2.24, 2.45) is 0 Å². The Hall–Kier alpha value is -2.47. The van der Waals surface area contributed by atoms with E-state index in [1.807, 2.05) is 6.92 Å². The number of esters is 1. The summed E-state index contributed by atoms with van der Waals surface area (Å²) >= 11 is 0. The number of rotatable bonds is 9. The summed E-state index contributed by atoms with van der Waals surface area (Å²) < 4.78 is 22.7. The van der Waals surface area contributed by atoms with Gasteiger partial charge in [0, 0.05) is 18.1 Å². The van der Waals surface area contributed by atoms with Gasteiger partial charge in [-0.15, -0.1) is 0 Å². The second-order valence-electron chi connectivity index (χ2n) is 8.09. The monoisotopic (exact) mass is 416 g/mol. The largest absolute Gasteiger partial charge is 0.496 e. The second-order valence-corrected chi connectivity index (χ2v) is 8.09. The van der Waals surface area contributed by atoms with Gasteiger partial charge in [0.15, 0.2) is 0 Å². The molecule has 0 spiro atoms. The molecule has 0 aliphatic carbocycles. The number of ether oxygens (including phenoxy) is 4. The summed E-state index contributed by atoms with van der Waals surface area (Å²) in [7, 11) is 1.59. The van der Waals surface area contributed by atoms with E-state index in [9.17, 15) is 9.90 Å². The maximum Gasteiger partial charge on any atom is 0.374 e. The van der Waals surface area contributed by atoms with Crippen LogP contribution in [0.3, 0.4) is 0 Å². The van der Waals surface area contributed by atoms with E-state index < -0.39 is 11.6 Å². The van der Waals surface area contributed by atoms with E-state index in [4.69, 9.17) is 18.9 Å². The summed E-state index contributed by atoms with van der Waals surface area (Å²) in [6, 6.07) is 1.75. The van der Waals surface area contributed by atoms with Gasteiger partial charge in [-0.05, 0) is 31.9 Å². The van der Waals surface area contributed by atoms with Crippen molar-refractivity contribution in [3.8, 4) is 17.2 Å². The normalized spacial score (nSPS) is 19.0. The summed E-state index contributed by atoms with van der Waals surface area (Å²) in [6.07, 6.45) is 6.76. The van der Waals surface area contributed by atoms with Crippen molar-refractivity contribution < 1.29 is 28.8 Å². The molecule has 0 aromatic heterocycles. The molecule has 1 aromatic carbocycles. The lowest BCUT2D eigenvalue weighted by Crippen LogP contribution is -2.42. The van der Waals surface area contributed by atoms with E-state index in [0.29, 0.717) is 41.2 Å². The maximum atomic E-state index is 12.1. The molecule has 0 bridgehead atoms. The number of hydrogen-bond donors (Lipinski definition) is 1. The van der Waals surface area contributed by atoms with E-state index >= 15 is 0 Å². The Morgan fingerprint density at radius 1 is 1.30 bits per heavy atom. The third kappa shape index (κ3) is 4.33. The first-order valence-corrected chi connectivity index (χ1v) is 10.7. The second kappa shape index (κ2) is 9.13. The van der Waals surface area contributed by atoms with Gasteiger partial charge in [-0.3, -0.25) is 0 Å². The lowest BCUT2D eigenvalue weighted by molar-refractivity contribution is -0.141. The molecular formula is C24H32O6. The molecule has 0 radical (unpaired) electrons. The molecule has 0 amide bonds. The maximum absolute atomic E-state index is 12.1. The molecule has 0 saturated carbocycles. The smallest absolute Gasteiger partial charge is 0.374 e. The molecule has 164 valence electrons. The number of fused-ring (bicyclic) bond motifs is 2. The Morgan fingerprint density at radius 3 is 2.73 bits per heavy atom. The molecule has 3 rings (SSSR count). The quantitative estimate of drug-likeness (QED) is 0.469. The average molecular weight is 417 g/mol. The fourth-order valence-electron chi connectivity index (χ4n) is 4.04. The molecular weight excluding hydrogens is 384 g/mol. The third-order valence-electron chi connectivity index (χ3n) is 5.72. The van der Waals surface area contributed by atoms with Gasteiger partial charge >= 0.3 is 5.97 Å². The first-order valence-electron chi connectivity index (χ1n) is 10.7. The summed E-state index contributed by atoms with van der Waals surface area (Å²) in [5.41, 5.74) is 1.22. The Labute approximate surface area is 178 Å². The van der Waals surface area contributed by atoms with Crippen LogP contribution in [0.25, 0.3) is 5.57 Å². The Bertz CT molecular complexity index is 852. The van der Waals surface area contributed by atoms with Crippen LogP contribution in [0.4, 0.5) is 0 Å². The van der Waals surface area contributed by atoms with E-state index in [1.54, 1.807) is 26.2 Å². The number of hydrogen-bond acceptors (Lipinski definition) is 6. The van der Waals surface area contributed by atoms with Crippen LogP contribution in [-0.4, -0.2) is 36.5 Å². The van der Waals surface area contributed by atoms with Gasteiger partial charge in [-0.25, -0.2) is 4.79 Å². The van der Waals surface area contributed by atoms with Crippen molar-refractivity contribution in [2.45, 2.75) is 71.0 Å². The average Bonchev–Trinajstić information content (AvgIpc) is 3.14. The lowest BCUT2D eigenvalue weighted by Gasteiger charge is -2.29. The summed E-state index contributed by atoms with van der Waals surface area (Å²) in [4.78, 5) is 12.1. The fraction of sp³-hybridized carbons (Fsp3) is 0.542. The lowest BCUT2D eigenvalue weighted by atomic mass is 9.88. The zero-order chi connectivity index (χ0) is 21.9. The zero-order valence-electron chi connectivity index (χ0n) is 18.4. The SMILES string of the molecule is C=C1C=C(C(=O)OCC)Oc2cc3c(c(OC)c21)C[C@@H]([C@@](C)(O)CCCCCC)O3. The van der Waals surface area contributed by atoms with E-state index in [1.165, 1.54) is 0 Å². The summed E-state index contributed by atoms with van der Waals surface area (Å²) in [6.45, 7) is 10.1. The van der Waals surface area contributed by atoms with Crippen LogP contribution in [0.2, 0.25) is 0 Å². The highest BCUT2D eigenvalue weighted by molar-refractivity contribution is 5.95. The van der Waals surface area contributed by atoms with Gasteiger partial charge in [0.25, 0.3) is 0 Å². The zero-order valence-corrected chi connectivity index (χ0v) is 18.4. The molecule has 30 heavy (non-hydrogen) atoms. The number of unbranched alkanes of at least 4 members (excludes halogenated alkanes) is 3. The highest BCUT2D eigenvalue weighted by Gasteiger charge is 2.41. The molecule has 0 fully saturated rings. The minimum atomic E-state index is -0.954. The van der Waals surface area contributed by atoms with Crippen LogP contribution in [0, 0.1) is 0 Å². The van der Waals surface area contributed by atoms with Gasteiger partial charge in [0.05, 0.1) is 24.9 Å². The molecule has 0 saturated heterocycles. The van der Waals surface area contributed by atoms with Crippen LogP contribution < -0.4 is 14.2 Å². The predicted molar refractivity (Wildman–Crippen MR) is 115 cm³/mol. The molecule has 6 nitrogen and oxygen atoms in total. The van der Waals surface area contributed by atoms with Crippen LogP contribution in [0.15, 0.2) is 24.5 Å². The number of methoxy groups -OCH3 is 1. The van der Waals surface area contributed by atoms with Gasteiger partial charge in [0.2, 0.25) is 5.76 Å². The van der Waals surface area contributed by atoms with Gasteiger partial charge < -0.3 is 24.1 Å². The van der Waals surface area contributed by atoms with Crippen molar-refractivity contribution in [3.05, 3.63) is 35.6 Å². The predicted octanol–water partition coefficient (Wildman–Crippen LogP) is 4.57. The first-order chi connectivity index (χ1) is 14.3. The topological polar surface area (TPSA) is 74.2 Å². The van der Waals surface area contributed by atoms with Crippen molar-refractivity contribution in [2.75, 3.05) is 13.7 Å². The molecule has 1 aromatic rings.